The average Bonchev–Trinajstić information content (AvgIpc) is 3.05. The molecule has 0 aliphatic carbocycles. The summed E-state index contributed by atoms with van der Waals surface area (Å²) in [5, 5.41) is 16.3. The number of carbonyl (C=O) groups is 1. The molecule has 1 aliphatic heterocycles. The second-order valence-corrected chi connectivity index (χ2v) is 7.67. The van der Waals surface area contributed by atoms with Crippen LogP contribution in [-0.2, 0) is 11.3 Å². The molecule has 1 fully saturated rings. The lowest BCUT2D eigenvalue weighted by atomic mass is 10.2. The first kappa shape index (κ1) is 20.6. The van der Waals surface area contributed by atoms with Gasteiger partial charge in [0.15, 0.2) is 0 Å². The highest BCUT2D eigenvalue weighted by Gasteiger charge is 2.29. The Bertz CT molecular complexity index is 893. The van der Waals surface area contributed by atoms with Crippen LogP contribution in [0, 0.1) is 17.0 Å². The van der Waals surface area contributed by atoms with E-state index in [2.05, 4.69) is 10.00 Å². The summed E-state index contributed by atoms with van der Waals surface area (Å²) >= 11 is 12.2. The summed E-state index contributed by atoms with van der Waals surface area (Å²) < 4.78 is 1.42. The third-order valence-electron chi connectivity index (χ3n) is 5.03. The maximum Gasteiger partial charge on any atom is 0.309 e. The van der Waals surface area contributed by atoms with Gasteiger partial charge in [0, 0.05) is 42.8 Å². The SMILES string of the molecule is Cc1c([N+](=O)[O-])cnn1C(C)C(=O)N1CCN(Cc2ccc(Cl)cc2Cl)CC1. The van der Waals surface area contributed by atoms with E-state index in [1.54, 1.807) is 24.8 Å². The maximum atomic E-state index is 12.8. The van der Waals surface area contributed by atoms with Gasteiger partial charge in [-0.2, -0.15) is 5.10 Å². The van der Waals surface area contributed by atoms with Crippen molar-refractivity contribution in [1.82, 2.24) is 19.6 Å². The van der Waals surface area contributed by atoms with Gasteiger partial charge in [-0.25, -0.2) is 0 Å². The van der Waals surface area contributed by atoms with E-state index in [9.17, 15) is 14.9 Å². The molecule has 2 aromatic rings. The molecule has 1 unspecified atom stereocenters. The van der Waals surface area contributed by atoms with Crippen molar-refractivity contribution in [2.45, 2.75) is 26.4 Å². The predicted octanol–water partition coefficient (Wildman–Crippen LogP) is 3.31. The van der Waals surface area contributed by atoms with Gasteiger partial charge in [-0.3, -0.25) is 24.5 Å². The van der Waals surface area contributed by atoms with E-state index in [1.165, 1.54) is 10.9 Å². The molecular weight excluding hydrogens is 405 g/mol. The molecular formula is C18H21Cl2N5O3. The first-order valence-corrected chi connectivity index (χ1v) is 9.67. The molecule has 1 saturated heterocycles. The number of piperazine rings is 1. The summed E-state index contributed by atoms with van der Waals surface area (Å²) in [5.74, 6) is -0.0923. The fraction of sp³-hybridized carbons (Fsp3) is 0.444. The number of nitro groups is 1. The second kappa shape index (κ2) is 8.46. The quantitative estimate of drug-likeness (QED) is 0.541. The lowest BCUT2D eigenvalue weighted by molar-refractivity contribution is -0.385. The van der Waals surface area contributed by atoms with Crippen molar-refractivity contribution >= 4 is 34.8 Å². The Kier molecular flexibility index (Phi) is 6.22. The van der Waals surface area contributed by atoms with Gasteiger partial charge in [-0.15, -0.1) is 0 Å². The van der Waals surface area contributed by atoms with Gasteiger partial charge in [0.05, 0.1) is 4.92 Å². The number of amides is 1. The van der Waals surface area contributed by atoms with Gasteiger partial charge in [-0.1, -0.05) is 29.3 Å². The van der Waals surface area contributed by atoms with E-state index in [1.807, 2.05) is 12.1 Å². The van der Waals surface area contributed by atoms with Crippen LogP contribution in [-0.4, -0.2) is 56.6 Å². The molecule has 28 heavy (non-hydrogen) atoms. The van der Waals surface area contributed by atoms with Crippen LogP contribution in [0.25, 0.3) is 0 Å². The third-order valence-corrected chi connectivity index (χ3v) is 5.62. The fourth-order valence-corrected chi connectivity index (χ4v) is 3.84. The van der Waals surface area contributed by atoms with Crippen LogP contribution in [0.5, 0.6) is 0 Å². The van der Waals surface area contributed by atoms with Crippen LogP contribution in [0.4, 0.5) is 5.69 Å². The van der Waals surface area contributed by atoms with Gasteiger partial charge in [0.2, 0.25) is 5.91 Å². The highest BCUT2D eigenvalue weighted by atomic mass is 35.5. The van der Waals surface area contributed by atoms with Gasteiger partial charge in [0.1, 0.15) is 17.9 Å². The Balaban J connectivity index is 1.59. The zero-order valence-corrected chi connectivity index (χ0v) is 17.2. The number of rotatable bonds is 5. The highest BCUT2D eigenvalue weighted by Crippen LogP contribution is 2.24. The number of benzene rings is 1. The van der Waals surface area contributed by atoms with Crippen LogP contribution in [0.15, 0.2) is 24.4 Å². The zero-order valence-electron chi connectivity index (χ0n) is 15.6. The number of hydrogen-bond donors (Lipinski definition) is 0. The van der Waals surface area contributed by atoms with Crippen LogP contribution in [0.3, 0.4) is 0 Å². The van der Waals surface area contributed by atoms with E-state index in [4.69, 9.17) is 23.2 Å². The second-order valence-electron chi connectivity index (χ2n) is 6.83. The van der Waals surface area contributed by atoms with Crippen molar-refractivity contribution < 1.29 is 9.72 Å². The van der Waals surface area contributed by atoms with Crippen LogP contribution in [0.2, 0.25) is 10.0 Å². The van der Waals surface area contributed by atoms with Gasteiger partial charge >= 0.3 is 5.69 Å². The number of halogens is 2. The molecule has 3 rings (SSSR count). The molecule has 1 aromatic carbocycles. The van der Waals surface area contributed by atoms with Gasteiger partial charge in [0.25, 0.3) is 0 Å². The molecule has 0 bridgehead atoms. The normalized spacial score (nSPS) is 16.2. The van der Waals surface area contributed by atoms with Crippen molar-refractivity contribution in [2.24, 2.45) is 0 Å². The van der Waals surface area contributed by atoms with Crippen LogP contribution < -0.4 is 0 Å². The number of carbonyl (C=O) groups excluding carboxylic acids is 1. The Morgan fingerprint density at radius 1 is 1.29 bits per heavy atom. The van der Waals surface area contributed by atoms with Gasteiger partial charge in [-0.05, 0) is 31.5 Å². The Morgan fingerprint density at radius 2 is 1.96 bits per heavy atom. The topological polar surface area (TPSA) is 84.5 Å². The summed E-state index contributed by atoms with van der Waals surface area (Å²) in [7, 11) is 0. The molecule has 0 saturated carbocycles. The minimum atomic E-state index is -0.592. The lowest BCUT2D eigenvalue weighted by Gasteiger charge is -2.36. The Hall–Kier alpha value is -2.16. The first-order valence-electron chi connectivity index (χ1n) is 8.91. The van der Waals surface area contributed by atoms with E-state index in [-0.39, 0.29) is 11.6 Å². The van der Waals surface area contributed by atoms with Crippen molar-refractivity contribution in [1.29, 1.82) is 0 Å². The van der Waals surface area contributed by atoms with Crippen LogP contribution >= 0.6 is 23.2 Å². The molecule has 8 nitrogen and oxygen atoms in total. The van der Waals surface area contributed by atoms with Crippen molar-refractivity contribution in [2.75, 3.05) is 26.2 Å². The summed E-state index contributed by atoms with van der Waals surface area (Å²) in [6, 6.07) is 4.87. The van der Waals surface area contributed by atoms with E-state index < -0.39 is 11.0 Å². The number of hydrogen-bond acceptors (Lipinski definition) is 5. The minimum Gasteiger partial charge on any atom is -0.338 e. The van der Waals surface area contributed by atoms with Crippen molar-refractivity contribution in [3.05, 3.63) is 55.8 Å². The monoisotopic (exact) mass is 425 g/mol. The molecule has 1 aromatic heterocycles. The highest BCUT2D eigenvalue weighted by molar-refractivity contribution is 6.35. The number of aromatic nitrogens is 2. The molecule has 0 spiro atoms. The Labute approximate surface area is 172 Å². The molecule has 1 aliphatic rings. The predicted molar refractivity (Wildman–Crippen MR) is 107 cm³/mol. The smallest absolute Gasteiger partial charge is 0.309 e. The molecule has 10 heteroatoms. The van der Waals surface area contributed by atoms with E-state index in [0.29, 0.717) is 35.4 Å². The fourth-order valence-electron chi connectivity index (χ4n) is 3.37. The van der Waals surface area contributed by atoms with Crippen LogP contribution in [0.1, 0.15) is 24.2 Å². The molecule has 150 valence electrons. The lowest BCUT2D eigenvalue weighted by Crippen LogP contribution is -2.50. The van der Waals surface area contributed by atoms with Gasteiger partial charge < -0.3 is 4.90 Å². The summed E-state index contributed by atoms with van der Waals surface area (Å²) in [6.45, 7) is 6.60. The summed E-state index contributed by atoms with van der Waals surface area (Å²) in [5.41, 5.74) is 1.30. The summed E-state index contributed by atoms with van der Waals surface area (Å²) in [4.78, 5) is 27.3. The molecule has 1 amide bonds. The maximum absolute atomic E-state index is 12.8. The number of nitrogens with zero attached hydrogens (tertiary/aromatic N) is 5. The third kappa shape index (κ3) is 4.29. The molecule has 1 atom stereocenters. The van der Waals surface area contributed by atoms with E-state index in [0.717, 1.165) is 18.7 Å². The first-order chi connectivity index (χ1) is 13.3. The summed E-state index contributed by atoms with van der Waals surface area (Å²) in [6.07, 6.45) is 1.19. The standard InChI is InChI=1S/C18H21Cl2N5O3/c1-12-17(25(27)28)10-21-24(12)13(2)18(26)23-7-5-22(6-8-23)11-14-3-4-15(19)9-16(14)20/h3-4,9-10,13H,5-8,11H2,1-2H3. The molecule has 0 N–H and O–H groups in total. The van der Waals surface area contributed by atoms with E-state index >= 15 is 0 Å². The largest absolute Gasteiger partial charge is 0.338 e. The molecule has 0 radical (unpaired) electrons. The van der Waals surface area contributed by atoms with Crippen molar-refractivity contribution in [3.63, 3.8) is 0 Å². The Morgan fingerprint density at radius 3 is 2.54 bits per heavy atom. The zero-order chi connectivity index (χ0) is 20.4. The van der Waals surface area contributed by atoms with Crippen molar-refractivity contribution in [3.8, 4) is 0 Å². The minimum absolute atomic E-state index is 0.0793. The molecule has 2 heterocycles. The average molecular weight is 426 g/mol.